The number of thiophene rings is 1. The highest BCUT2D eigenvalue weighted by Gasteiger charge is 2.38. The molecule has 3 heterocycles. The highest BCUT2D eigenvalue weighted by Crippen LogP contribution is 2.44. The summed E-state index contributed by atoms with van der Waals surface area (Å²) in [6.07, 6.45) is -2.15. The van der Waals surface area contributed by atoms with Crippen LogP contribution in [0.2, 0.25) is 4.34 Å². The van der Waals surface area contributed by atoms with Gasteiger partial charge in [0.15, 0.2) is 0 Å². The van der Waals surface area contributed by atoms with Crippen LogP contribution < -0.4 is 0 Å². The molecule has 0 unspecified atom stereocenters. The van der Waals surface area contributed by atoms with E-state index in [9.17, 15) is 18.0 Å². The van der Waals surface area contributed by atoms with Crippen LogP contribution in [-0.4, -0.2) is 27.5 Å². The quantitative estimate of drug-likeness (QED) is 0.552. The third kappa shape index (κ3) is 3.58. The third-order valence-corrected chi connectivity index (χ3v) is 6.22. The molecule has 9 heteroatoms. The maximum Gasteiger partial charge on any atom is 0.433 e. The zero-order valence-electron chi connectivity index (χ0n) is 15.0. The van der Waals surface area contributed by atoms with Crippen LogP contribution in [0.5, 0.6) is 0 Å². The first-order valence-electron chi connectivity index (χ1n) is 8.69. The van der Waals surface area contributed by atoms with Crippen molar-refractivity contribution in [2.45, 2.75) is 18.6 Å². The lowest BCUT2D eigenvalue weighted by atomic mass is 9.84. The van der Waals surface area contributed by atoms with E-state index in [1.165, 1.54) is 23.6 Å². The molecule has 2 aromatic heterocycles. The normalized spacial score (nSPS) is 16.6. The molecule has 29 heavy (non-hydrogen) atoms. The molecule has 1 aliphatic heterocycles. The van der Waals surface area contributed by atoms with Gasteiger partial charge in [0.25, 0.3) is 0 Å². The number of hydrogen-bond acceptors (Lipinski definition) is 3. The molecule has 1 amide bonds. The standard InChI is InChI=1S/C20H15ClF3N3OS/c1-2-18(28)27-9-15(13-7-17(21)29-16(13)10-27)12-6-4-3-5-11(12)14-8-25-26-19(14)20(22,23)24/h2-8,15H,1,9-10H2,(H,25,26)/t15-/m0/s1. The van der Waals surface area contributed by atoms with Crippen LogP contribution in [0.1, 0.15) is 27.6 Å². The zero-order valence-corrected chi connectivity index (χ0v) is 16.5. The molecule has 1 atom stereocenters. The fraction of sp³-hybridized carbons (Fsp3) is 0.200. The number of amides is 1. The minimum absolute atomic E-state index is 0.0249. The number of fused-ring (bicyclic) bond motifs is 1. The number of nitrogens with one attached hydrogen (secondary N) is 1. The van der Waals surface area contributed by atoms with Crippen LogP contribution in [0, 0.1) is 0 Å². The van der Waals surface area contributed by atoms with Crippen LogP contribution in [0.25, 0.3) is 11.1 Å². The van der Waals surface area contributed by atoms with Crippen molar-refractivity contribution in [3.63, 3.8) is 0 Å². The van der Waals surface area contributed by atoms with Gasteiger partial charge in [0.2, 0.25) is 5.91 Å². The van der Waals surface area contributed by atoms with Crippen LogP contribution in [0.3, 0.4) is 0 Å². The molecule has 0 spiro atoms. The summed E-state index contributed by atoms with van der Waals surface area (Å²) in [6, 6.07) is 8.71. The summed E-state index contributed by atoms with van der Waals surface area (Å²) in [7, 11) is 0. The van der Waals surface area contributed by atoms with Crippen molar-refractivity contribution in [1.82, 2.24) is 15.1 Å². The lowest BCUT2D eigenvalue weighted by molar-refractivity contribution is -0.140. The topological polar surface area (TPSA) is 49.0 Å². The molecule has 4 rings (SSSR count). The highest BCUT2D eigenvalue weighted by atomic mass is 35.5. The second-order valence-electron chi connectivity index (χ2n) is 6.65. The summed E-state index contributed by atoms with van der Waals surface area (Å²) in [5.74, 6) is -0.555. The molecule has 0 radical (unpaired) electrons. The molecule has 0 fully saturated rings. The van der Waals surface area contributed by atoms with Gasteiger partial charge >= 0.3 is 6.18 Å². The fourth-order valence-electron chi connectivity index (χ4n) is 3.70. The van der Waals surface area contributed by atoms with E-state index in [0.29, 0.717) is 28.6 Å². The largest absolute Gasteiger partial charge is 0.433 e. The number of aromatic amines is 1. The lowest BCUT2D eigenvalue weighted by Crippen LogP contribution is -2.37. The smallest absolute Gasteiger partial charge is 0.333 e. The number of carbonyl (C=O) groups is 1. The molecule has 1 N–H and O–H groups in total. The summed E-state index contributed by atoms with van der Waals surface area (Å²) >= 11 is 7.59. The lowest BCUT2D eigenvalue weighted by Gasteiger charge is -2.33. The van der Waals surface area contributed by atoms with E-state index in [1.54, 1.807) is 29.2 Å². The SMILES string of the molecule is C=CC(=O)N1Cc2sc(Cl)cc2[C@H](c2ccccc2-c2cn[nH]c2C(F)(F)F)C1. The van der Waals surface area contributed by atoms with Gasteiger partial charge in [0.05, 0.1) is 17.1 Å². The average Bonchev–Trinajstić information content (AvgIpc) is 3.32. The molecule has 0 bridgehead atoms. The Bertz CT molecular complexity index is 1090. The number of rotatable bonds is 3. The number of carbonyl (C=O) groups excluding carboxylic acids is 1. The van der Waals surface area contributed by atoms with Crippen molar-refractivity contribution in [3.05, 3.63) is 75.2 Å². The van der Waals surface area contributed by atoms with Crippen molar-refractivity contribution in [2.24, 2.45) is 0 Å². The van der Waals surface area contributed by atoms with Crippen molar-refractivity contribution in [1.29, 1.82) is 0 Å². The maximum atomic E-state index is 13.4. The van der Waals surface area contributed by atoms with E-state index in [2.05, 4.69) is 16.8 Å². The number of halogens is 4. The summed E-state index contributed by atoms with van der Waals surface area (Å²) in [6.45, 7) is 4.26. The van der Waals surface area contributed by atoms with E-state index in [-0.39, 0.29) is 17.4 Å². The number of aromatic nitrogens is 2. The van der Waals surface area contributed by atoms with Gasteiger partial charge in [-0.2, -0.15) is 18.3 Å². The van der Waals surface area contributed by atoms with Gasteiger partial charge in [0.1, 0.15) is 5.69 Å². The van der Waals surface area contributed by atoms with Gasteiger partial charge in [-0.3, -0.25) is 9.89 Å². The summed E-state index contributed by atoms with van der Waals surface area (Å²) < 4.78 is 40.9. The van der Waals surface area contributed by atoms with Crippen molar-refractivity contribution >= 4 is 28.8 Å². The predicted molar refractivity (Wildman–Crippen MR) is 106 cm³/mol. The summed E-state index contributed by atoms with van der Waals surface area (Å²) in [5, 5.41) is 5.68. The molecule has 1 aromatic carbocycles. The van der Waals surface area contributed by atoms with Gasteiger partial charge in [-0.25, -0.2) is 0 Å². The molecular formula is C20H15ClF3N3OS. The summed E-state index contributed by atoms with van der Waals surface area (Å²) in [5.41, 5.74) is 1.10. The van der Waals surface area contributed by atoms with Gasteiger partial charge in [-0.05, 0) is 28.8 Å². The monoisotopic (exact) mass is 437 g/mol. The van der Waals surface area contributed by atoms with Crippen molar-refractivity contribution in [3.8, 4) is 11.1 Å². The highest BCUT2D eigenvalue weighted by molar-refractivity contribution is 7.16. The number of hydrogen-bond donors (Lipinski definition) is 1. The van der Waals surface area contributed by atoms with Crippen molar-refractivity contribution in [2.75, 3.05) is 6.54 Å². The minimum atomic E-state index is -4.56. The van der Waals surface area contributed by atoms with Gasteiger partial charge in [0, 0.05) is 22.9 Å². The average molecular weight is 438 g/mol. The molecule has 0 aliphatic carbocycles. The number of nitrogens with zero attached hydrogens (tertiary/aromatic N) is 2. The Morgan fingerprint density at radius 1 is 1.31 bits per heavy atom. The summed E-state index contributed by atoms with van der Waals surface area (Å²) in [4.78, 5) is 14.8. The number of benzene rings is 1. The first-order chi connectivity index (χ1) is 13.8. The van der Waals surface area contributed by atoms with Gasteiger partial charge < -0.3 is 4.90 Å². The Balaban J connectivity index is 1.87. The molecular weight excluding hydrogens is 423 g/mol. The Hall–Kier alpha value is -2.58. The molecule has 4 nitrogen and oxygen atoms in total. The van der Waals surface area contributed by atoms with Crippen LogP contribution >= 0.6 is 22.9 Å². The molecule has 1 aliphatic rings. The zero-order chi connectivity index (χ0) is 20.8. The van der Waals surface area contributed by atoms with Crippen LogP contribution in [0.4, 0.5) is 13.2 Å². The Morgan fingerprint density at radius 2 is 2.07 bits per heavy atom. The third-order valence-electron chi connectivity index (χ3n) is 4.96. The van der Waals surface area contributed by atoms with E-state index in [0.717, 1.165) is 10.4 Å². The Kier molecular flexibility index (Phi) is 5.00. The van der Waals surface area contributed by atoms with Crippen molar-refractivity contribution < 1.29 is 18.0 Å². The number of alkyl halides is 3. The first-order valence-corrected chi connectivity index (χ1v) is 9.88. The van der Waals surface area contributed by atoms with E-state index in [1.807, 2.05) is 6.07 Å². The molecule has 3 aromatic rings. The van der Waals surface area contributed by atoms with E-state index < -0.39 is 11.9 Å². The van der Waals surface area contributed by atoms with E-state index >= 15 is 0 Å². The second kappa shape index (κ2) is 7.35. The van der Waals surface area contributed by atoms with Gasteiger partial charge in [-0.1, -0.05) is 42.4 Å². The minimum Gasteiger partial charge on any atom is -0.333 e. The van der Waals surface area contributed by atoms with Crippen LogP contribution in [-0.2, 0) is 17.5 Å². The van der Waals surface area contributed by atoms with Gasteiger partial charge in [-0.15, -0.1) is 11.3 Å². The first kappa shape index (κ1) is 19.7. The fourth-order valence-corrected chi connectivity index (χ4v) is 5.06. The second-order valence-corrected chi connectivity index (χ2v) is 8.42. The molecule has 150 valence electrons. The predicted octanol–water partition coefficient (Wildman–Crippen LogP) is 5.47. The van der Waals surface area contributed by atoms with Crippen LogP contribution in [0.15, 0.2) is 49.2 Å². The molecule has 0 saturated heterocycles. The van der Waals surface area contributed by atoms with E-state index in [4.69, 9.17) is 11.6 Å². The maximum absolute atomic E-state index is 13.4. The molecule has 0 saturated carbocycles. The Labute approximate surface area is 173 Å². The number of H-pyrrole nitrogens is 1. The Morgan fingerprint density at radius 3 is 2.79 bits per heavy atom.